The van der Waals surface area contributed by atoms with Gasteiger partial charge in [0, 0.05) is 17.1 Å². The van der Waals surface area contributed by atoms with Crippen molar-refractivity contribution in [2.75, 3.05) is 0 Å². The third-order valence-corrected chi connectivity index (χ3v) is 3.44. The highest BCUT2D eigenvalue weighted by Gasteiger charge is 2.11. The molecule has 0 atom stereocenters. The van der Waals surface area contributed by atoms with E-state index in [0.717, 1.165) is 16.5 Å². The second-order valence-electron chi connectivity index (χ2n) is 4.93. The summed E-state index contributed by atoms with van der Waals surface area (Å²) in [5, 5.41) is 14.2. The Kier molecular flexibility index (Phi) is 3.62. The van der Waals surface area contributed by atoms with Crippen molar-refractivity contribution >= 4 is 22.5 Å². The van der Waals surface area contributed by atoms with E-state index in [9.17, 15) is 9.90 Å². The van der Waals surface area contributed by atoms with Gasteiger partial charge < -0.3 is 10.1 Å². The number of nitrogens with one attached hydrogen (secondary N) is 2. The summed E-state index contributed by atoms with van der Waals surface area (Å²) in [6, 6.07) is 14.2. The molecule has 0 radical (unpaired) electrons. The van der Waals surface area contributed by atoms with Crippen molar-refractivity contribution in [3.8, 4) is 5.75 Å². The summed E-state index contributed by atoms with van der Waals surface area (Å²) < 4.78 is 0. The van der Waals surface area contributed by atoms with Crippen LogP contribution in [0.25, 0.3) is 10.9 Å². The zero-order chi connectivity index (χ0) is 15.5. The average molecular weight is 293 g/mol. The van der Waals surface area contributed by atoms with Crippen LogP contribution < -0.4 is 5.43 Å². The van der Waals surface area contributed by atoms with Gasteiger partial charge in [-0.3, -0.25) is 4.79 Å². The number of amides is 1. The summed E-state index contributed by atoms with van der Waals surface area (Å²) in [7, 11) is 0. The van der Waals surface area contributed by atoms with E-state index >= 15 is 0 Å². The number of aromatic nitrogens is 1. The highest BCUT2D eigenvalue weighted by Crippen LogP contribution is 2.17. The fourth-order valence-corrected chi connectivity index (χ4v) is 2.22. The van der Waals surface area contributed by atoms with Crippen molar-refractivity contribution in [3.05, 3.63) is 65.9 Å². The maximum absolute atomic E-state index is 12.2. The van der Waals surface area contributed by atoms with Gasteiger partial charge in [-0.2, -0.15) is 5.10 Å². The van der Waals surface area contributed by atoms with Crippen LogP contribution in [0.2, 0.25) is 0 Å². The molecule has 5 nitrogen and oxygen atoms in total. The van der Waals surface area contributed by atoms with Gasteiger partial charge in [-0.25, -0.2) is 5.43 Å². The largest absolute Gasteiger partial charge is 0.508 e. The fraction of sp³-hybridized carbons (Fsp3) is 0.0588. The molecule has 110 valence electrons. The summed E-state index contributed by atoms with van der Waals surface area (Å²) in [6.07, 6.45) is 1.67. The van der Waals surface area contributed by atoms with E-state index in [4.69, 9.17) is 0 Å². The van der Waals surface area contributed by atoms with E-state index < -0.39 is 0 Å². The van der Waals surface area contributed by atoms with Crippen LogP contribution >= 0.6 is 0 Å². The SMILES string of the molecule is CC(=NNC(=O)c1c[nH]c2ccccc12)c1ccc(O)cc1. The van der Waals surface area contributed by atoms with Crippen molar-refractivity contribution < 1.29 is 9.90 Å². The summed E-state index contributed by atoms with van der Waals surface area (Å²) >= 11 is 0. The highest BCUT2D eigenvalue weighted by atomic mass is 16.3. The van der Waals surface area contributed by atoms with E-state index in [1.807, 2.05) is 24.3 Å². The lowest BCUT2D eigenvalue weighted by molar-refractivity contribution is 0.0956. The van der Waals surface area contributed by atoms with Crippen LogP contribution in [0, 0.1) is 0 Å². The predicted molar refractivity (Wildman–Crippen MR) is 86.1 cm³/mol. The molecule has 22 heavy (non-hydrogen) atoms. The first kappa shape index (κ1) is 13.9. The van der Waals surface area contributed by atoms with Crippen molar-refractivity contribution in [2.24, 2.45) is 5.10 Å². The molecule has 0 fully saturated rings. The monoisotopic (exact) mass is 293 g/mol. The van der Waals surface area contributed by atoms with Gasteiger partial charge in [0.2, 0.25) is 0 Å². The van der Waals surface area contributed by atoms with Gasteiger partial charge in [0.1, 0.15) is 5.75 Å². The van der Waals surface area contributed by atoms with Crippen molar-refractivity contribution in [1.82, 2.24) is 10.4 Å². The number of carbonyl (C=O) groups is 1. The number of hydrazone groups is 1. The molecule has 0 unspecified atom stereocenters. The van der Waals surface area contributed by atoms with Gasteiger partial charge in [-0.1, -0.05) is 18.2 Å². The number of H-pyrrole nitrogens is 1. The molecule has 0 aliphatic heterocycles. The highest BCUT2D eigenvalue weighted by molar-refractivity contribution is 6.07. The molecule has 0 saturated heterocycles. The summed E-state index contributed by atoms with van der Waals surface area (Å²) in [5.41, 5.74) is 5.51. The third kappa shape index (κ3) is 2.69. The van der Waals surface area contributed by atoms with Gasteiger partial charge >= 0.3 is 0 Å². The first-order valence-corrected chi connectivity index (χ1v) is 6.85. The Balaban J connectivity index is 1.79. The standard InChI is InChI=1S/C17H15N3O2/c1-11(12-6-8-13(21)9-7-12)19-20-17(22)15-10-18-16-5-3-2-4-14(15)16/h2-10,18,21H,1H3,(H,20,22). The number of phenolic OH excluding ortho intramolecular Hbond substituents is 1. The zero-order valence-corrected chi connectivity index (χ0v) is 12.0. The number of fused-ring (bicyclic) bond motifs is 1. The van der Waals surface area contributed by atoms with Gasteiger partial charge in [0.05, 0.1) is 11.3 Å². The van der Waals surface area contributed by atoms with Crippen LogP contribution in [-0.4, -0.2) is 21.7 Å². The number of benzene rings is 2. The Morgan fingerprint density at radius 3 is 2.64 bits per heavy atom. The minimum absolute atomic E-state index is 0.194. The molecule has 1 amide bonds. The van der Waals surface area contributed by atoms with Crippen LogP contribution in [0.4, 0.5) is 0 Å². The number of carbonyl (C=O) groups excluding carboxylic acids is 1. The quantitative estimate of drug-likeness (QED) is 0.513. The molecule has 1 aromatic heterocycles. The topological polar surface area (TPSA) is 77.5 Å². The number of rotatable bonds is 3. The molecular formula is C17H15N3O2. The van der Waals surface area contributed by atoms with E-state index in [0.29, 0.717) is 11.3 Å². The first-order valence-electron chi connectivity index (χ1n) is 6.85. The maximum atomic E-state index is 12.2. The molecule has 0 aliphatic rings. The Morgan fingerprint density at radius 1 is 1.14 bits per heavy atom. The Labute approximate surface area is 127 Å². The van der Waals surface area contributed by atoms with E-state index in [2.05, 4.69) is 15.5 Å². The summed E-state index contributed by atoms with van der Waals surface area (Å²) in [6.45, 7) is 1.79. The molecule has 3 rings (SSSR count). The Bertz CT molecular complexity index is 848. The Morgan fingerprint density at radius 2 is 1.86 bits per heavy atom. The van der Waals surface area contributed by atoms with Crippen LogP contribution in [0.5, 0.6) is 5.75 Å². The third-order valence-electron chi connectivity index (χ3n) is 3.44. The minimum atomic E-state index is -0.268. The molecule has 0 bridgehead atoms. The molecule has 5 heteroatoms. The number of aromatic hydroxyl groups is 1. The number of nitrogens with zero attached hydrogens (tertiary/aromatic N) is 1. The second-order valence-corrected chi connectivity index (χ2v) is 4.93. The number of phenols is 1. The van der Waals surface area contributed by atoms with Gasteiger partial charge in [-0.05, 0) is 42.8 Å². The van der Waals surface area contributed by atoms with Gasteiger partial charge in [0.15, 0.2) is 0 Å². The van der Waals surface area contributed by atoms with Crippen molar-refractivity contribution in [1.29, 1.82) is 0 Å². The lowest BCUT2D eigenvalue weighted by Gasteiger charge is -2.03. The zero-order valence-electron chi connectivity index (χ0n) is 12.0. The van der Waals surface area contributed by atoms with Crippen LogP contribution in [0.15, 0.2) is 59.8 Å². The number of aromatic amines is 1. The fourth-order valence-electron chi connectivity index (χ4n) is 2.22. The summed E-state index contributed by atoms with van der Waals surface area (Å²) in [5.74, 6) is -0.0741. The van der Waals surface area contributed by atoms with Gasteiger partial charge in [-0.15, -0.1) is 0 Å². The van der Waals surface area contributed by atoms with Crippen LogP contribution in [0.3, 0.4) is 0 Å². The average Bonchev–Trinajstić information content (AvgIpc) is 2.97. The first-order chi connectivity index (χ1) is 10.6. The lowest BCUT2D eigenvalue weighted by Crippen LogP contribution is -2.19. The minimum Gasteiger partial charge on any atom is -0.508 e. The molecule has 1 heterocycles. The second kappa shape index (κ2) is 5.73. The molecule has 3 aromatic rings. The van der Waals surface area contributed by atoms with Crippen molar-refractivity contribution in [2.45, 2.75) is 6.92 Å². The van der Waals surface area contributed by atoms with E-state index in [-0.39, 0.29) is 11.7 Å². The molecule has 0 saturated carbocycles. The predicted octanol–water partition coefficient (Wildman–Crippen LogP) is 3.03. The van der Waals surface area contributed by atoms with Gasteiger partial charge in [0.25, 0.3) is 5.91 Å². The van der Waals surface area contributed by atoms with Crippen LogP contribution in [-0.2, 0) is 0 Å². The maximum Gasteiger partial charge on any atom is 0.273 e. The normalized spacial score (nSPS) is 11.6. The lowest BCUT2D eigenvalue weighted by atomic mass is 10.1. The number of hydrogen-bond donors (Lipinski definition) is 3. The van der Waals surface area contributed by atoms with E-state index in [1.54, 1.807) is 37.4 Å². The molecule has 0 spiro atoms. The molecule has 0 aliphatic carbocycles. The smallest absolute Gasteiger partial charge is 0.273 e. The molecule has 3 N–H and O–H groups in total. The van der Waals surface area contributed by atoms with E-state index in [1.165, 1.54) is 0 Å². The van der Waals surface area contributed by atoms with Crippen molar-refractivity contribution in [3.63, 3.8) is 0 Å². The molecule has 2 aromatic carbocycles. The Hall–Kier alpha value is -3.08. The number of hydrogen-bond acceptors (Lipinski definition) is 3. The number of para-hydroxylation sites is 1. The molecular weight excluding hydrogens is 278 g/mol. The van der Waals surface area contributed by atoms with Crippen LogP contribution in [0.1, 0.15) is 22.8 Å². The summed E-state index contributed by atoms with van der Waals surface area (Å²) in [4.78, 5) is 15.3.